The normalized spacial score (nSPS) is 11.4. The summed E-state index contributed by atoms with van der Waals surface area (Å²) in [6, 6.07) is 4.40. The Labute approximate surface area is 128 Å². The number of hydrogen-bond acceptors (Lipinski definition) is 6. The molecule has 6 nitrogen and oxygen atoms in total. The van der Waals surface area contributed by atoms with Gasteiger partial charge in [0.05, 0.1) is 4.90 Å². The Hall–Kier alpha value is -0.380. The quantitative estimate of drug-likeness (QED) is 0.271. The monoisotopic (exact) mass is 300 g/mol. The third-order valence-electron chi connectivity index (χ3n) is 1.64. The van der Waals surface area contributed by atoms with E-state index in [1.165, 1.54) is 19.1 Å². The maximum Gasteiger partial charge on any atom is 1.00 e. The molecule has 0 bridgehead atoms. The molecule has 9 heteroatoms. The molecule has 0 aliphatic rings. The van der Waals surface area contributed by atoms with Crippen molar-refractivity contribution in [2.75, 3.05) is 0 Å². The molecule has 0 aliphatic carbocycles. The van der Waals surface area contributed by atoms with Gasteiger partial charge in [-0.2, -0.15) is 8.42 Å². The molecule has 0 aromatic heterocycles. The molecule has 0 amide bonds. The number of hydrogen-bond donors (Lipinski definition) is 0. The Morgan fingerprint density at radius 2 is 1.61 bits per heavy atom. The molecule has 1 aromatic rings. The van der Waals surface area contributed by atoms with Crippen molar-refractivity contribution < 1.29 is 55.1 Å². The summed E-state index contributed by atoms with van der Waals surface area (Å²) >= 11 is 0. The van der Waals surface area contributed by atoms with Crippen molar-refractivity contribution in [2.45, 2.75) is 16.7 Å². The molecule has 0 fully saturated rings. The third-order valence-corrected chi connectivity index (χ3v) is 4.06. The van der Waals surface area contributed by atoms with Gasteiger partial charge in [0.1, 0.15) is 20.8 Å². The first-order valence-electron chi connectivity index (χ1n) is 4.29. The zero-order chi connectivity index (χ0) is 13.3. The first-order chi connectivity index (χ1) is 7.64. The van der Waals surface area contributed by atoms with Crippen molar-refractivity contribution in [1.82, 2.24) is 0 Å². The third kappa shape index (κ3) is 4.38. The van der Waals surface area contributed by atoms with Gasteiger partial charge in [-0.05, 0) is 19.1 Å². The van der Waals surface area contributed by atoms with Crippen LogP contribution in [-0.2, 0) is 24.4 Å². The molecule has 0 aliphatic heterocycles. The minimum Gasteiger partial charge on any atom is -0.744 e. The summed E-state index contributed by atoms with van der Waals surface area (Å²) in [7, 11) is -9.24. The van der Waals surface area contributed by atoms with Crippen LogP contribution in [0.25, 0.3) is 0 Å². The second kappa shape index (κ2) is 6.18. The molecule has 0 saturated carbocycles. The zero-order valence-electron chi connectivity index (χ0n) is 9.78. The molecular weight excluding hydrogens is 291 g/mol. The molecule has 0 spiro atoms. The van der Waals surface area contributed by atoms with E-state index in [1.807, 2.05) is 0 Å². The Bertz CT molecular complexity index is 647. The van der Waals surface area contributed by atoms with Crippen LogP contribution in [0.2, 0.25) is 0 Å². The zero-order valence-corrected chi connectivity index (χ0v) is 13.4. The molecule has 0 N–H and O–H groups in total. The van der Waals surface area contributed by atoms with Crippen LogP contribution in [0.4, 0.5) is 0 Å². The predicted octanol–water partition coefficient (Wildman–Crippen LogP) is -2.17. The van der Waals surface area contributed by atoms with Gasteiger partial charge in [-0.15, -0.1) is 0 Å². The minimum absolute atomic E-state index is 0. The summed E-state index contributed by atoms with van der Waals surface area (Å²) in [6.45, 7) is 4.51. The average molecular weight is 300 g/mol. The minimum atomic E-state index is -4.89. The largest absolute Gasteiger partial charge is 1.00 e. The second-order valence-electron chi connectivity index (χ2n) is 3.14. The Kier molecular flexibility index (Phi) is 6.05. The fourth-order valence-corrected chi connectivity index (χ4v) is 3.29. The fraction of sp³-hybridized carbons (Fsp3) is 0.111. The standard InChI is InChI=1S/C9H10O6S2.Na/c1-7(2)15-17(13,14)9-6-4-3-5-8(9)16(10,11)12;/h3-6H,1H2,2H3,(H,10,11,12);/q;+1/p-1. The average Bonchev–Trinajstić information content (AvgIpc) is 2.14. The molecule has 0 radical (unpaired) electrons. The summed E-state index contributed by atoms with van der Waals surface area (Å²) in [6.07, 6.45) is 0. The Morgan fingerprint density at radius 1 is 1.17 bits per heavy atom. The van der Waals surface area contributed by atoms with Crippen LogP contribution in [0.3, 0.4) is 0 Å². The van der Waals surface area contributed by atoms with Crippen LogP contribution in [-0.4, -0.2) is 21.4 Å². The van der Waals surface area contributed by atoms with Gasteiger partial charge in [0.2, 0.25) is 0 Å². The Morgan fingerprint density at radius 3 is 2.00 bits per heavy atom. The van der Waals surface area contributed by atoms with Crippen LogP contribution in [0.15, 0.2) is 46.4 Å². The fourth-order valence-electron chi connectivity index (χ4n) is 1.10. The smallest absolute Gasteiger partial charge is 0.744 e. The van der Waals surface area contributed by atoms with E-state index in [2.05, 4.69) is 10.8 Å². The van der Waals surface area contributed by atoms with Crippen molar-refractivity contribution in [1.29, 1.82) is 0 Å². The van der Waals surface area contributed by atoms with E-state index in [0.29, 0.717) is 0 Å². The molecule has 0 unspecified atom stereocenters. The van der Waals surface area contributed by atoms with Crippen molar-refractivity contribution in [3.05, 3.63) is 36.6 Å². The first-order valence-corrected chi connectivity index (χ1v) is 7.11. The predicted molar refractivity (Wildman–Crippen MR) is 57.5 cm³/mol. The molecule has 1 aromatic carbocycles. The van der Waals surface area contributed by atoms with Gasteiger partial charge < -0.3 is 8.74 Å². The first kappa shape index (κ1) is 17.6. The second-order valence-corrected chi connectivity index (χ2v) is 6.00. The van der Waals surface area contributed by atoms with Crippen LogP contribution in [0, 0.1) is 0 Å². The molecule has 0 heterocycles. The summed E-state index contributed by atoms with van der Waals surface area (Å²) in [5.41, 5.74) is 0. The SMILES string of the molecule is C=C(C)OS(=O)(=O)c1ccccc1S(=O)(=O)[O-].[Na+]. The van der Waals surface area contributed by atoms with E-state index in [-0.39, 0.29) is 35.3 Å². The van der Waals surface area contributed by atoms with Gasteiger partial charge in [0, 0.05) is 0 Å². The van der Waals surface area contributed by atoms with Crippen LogP contribution in [0.5, 0.6) is 0 Å². The van der Waals surface area contributed by atoms with E-state index < -0.39 is 30.0 Å². The van der Waals surface area contributed by atoms with Crippen LogP contribution < -0.4 is 29.6 Å². The molecule has 94 valence electrons. The van der Waals surface area contributed by atoms with Crippen molar-refractivity contribution in [3.63, 3.8) is 0 Å². The summed E-state index contributed by atoms with van der Waals surface area (Å²) in [5, 5.41) is 0. The molecular formula is C9H9NaO6S2. The van der Waals surface area contributed by atoms with E-state index in [0.717, 1.165) is 12.1 Å². The van der Waals surface area contributed by atoms with E-state index >= 15 is 0 Å². The van der Waals surface area contributed by atoms with E-state index in [4.69, 9.17) is 0 Å². The summed E-state index contributed by atoms with van der Waals surface area (Å²) in [4.78, 5) is -1.54. The molecule has 0 atom stereocenters. The van der Waals surface area contributed by atoms with Crippen molar-refractivity contribution in [3.8, 4) is 0 Å². The molecule has 0 saturated heterocycles. The van der Waals surface area contributed by atoms with Gasteiger partial charge in [-0.3, -0.25) is 0 Å². The topological polar surface area (TPSA) is 101 Å². The molecule has 18 heavy (non-hydrogen) atoms. The van der Waals surface area contributed by atoms with Gasteiger partial charge in [0.25, 0.3) is 0 Å². The number of allylic oxidation sites excluding steroid dienone is 1. The summed E-state index contributed by atoms with van der Waals surface area (Å²) < 4.78 is 60.3. The van der Waals surface area contributed by atoms with Crippen molar-refractivity contribution in [2.24, 2.45) is 0 Å². The van der Waals surface area contributed by atoms with Gasteiger partial charge in [0.15, 0.2) is 0 Å². The number of rotatable bonds is 4. The van der Waals surface area contributed by atoms with Gasteiger partial charge in [-0.25, -0.2) is 8.42 Å². The Balaban J connectivity index is 0.00000289. The maximum atomic E-state index is 11.6. The van der Waals surface area contributed by atoms with Gasteiger partial charge in [-0.1, -0.05) is 18.7 Å². The maximum absolute atomic E-state index is 11.6. The summed E-state index contributed by atoms with van der Waals surface area (Å²) in [5.74, 6) is -0.136. The van der Waals surface area contributed by atoms with Crippen LogP contribution in [0.1, 0.15) is 6.92 Å². The van der Waals surface area contributed by atoms with Crippen LogP contribution >= 0.6 is 0 Å². The van der Waals surface area contributed by atoms with Crippen molar-refractivity contribution >= 4 is 20.2 Å². The molecule has 1 rings (SSSR count). The number of benzene rings is 1. The van der Waals surface area contributed by atoms with E-state index in [9.17, 15) is 21.4 Å². The van der Waals surface area contributed by atoms with Gasteiger partial charge >= 0.3 is 39.7 Å². The van der Waals surface area contributed by atoms with E-state index in [1.54, 1.807) is 0 Å².